The second-order valence-corrected chi connectivity index (χ2v) is 7.71. The summed E-state index contributed by atoms with van der Waals surface area (Å²) in [5.41, 5.74) is 2.53. The average Bonchev–Trinajstić information content (AvgIpc) is 3.26. The Morgan fingerprint density at radius 3 is 3.04 bits per heavy atom. The number of hydrogen-bond donors (Lipinski definition) is 3. The molecule has 0 aromatic carbocycles. The Morgan fingerprint density at radius 1 is 1.42 bits per heavy atom. The van der Waals surface area contributed by atoms with Gasteiger partial charge in [-0.25, -0.2) is 4.99 Å². The molecular formula is C18H24ClN5O2. The number of hydrogen-bond acceptors (Lipinski definition) is 6. The van der Waals surface area contributed by atoms with Gasteiger partial charge in [-0.1, -0.05) is 0 Å². The van der Waals surface area contributed by atoms with Crippen molar-refractivity contribution in [2.75, 3.05) is 13.4 Å². The van der Waals surface area contributed by atoms with Crippen molar-refractivity contribution in [3.63, 3.8) is 0 Å². The lowest BCUT2D eigenvalue weighted by molar-refractivity contribution is -0.118. The number of ether oxygens (including phenoxy) is 1. The van der Waals surface area contributed by atoms with Crippen LogP contribution in [0.4, 0.5) is 0 Å². The summed E-state index contributed by atoms with van der Waals surface area (Å²) in [7, 11) is 0. The molecule has 0 aromatic heterocycles. The number of alkyl halides is 1. The summed E-state index contributed by atoms with van der Waals surface area (Å²) in [5.74, 6) is 1.61. The SMILES string of the molecule is CC1=CC(C)=NC2=C(C(=O)NC3CCC(Cl)C(C4=CNCO4)C3)NCN12. The molecule has 26 heavy (non-hydrogen) atoms. The van der Waals surface area contributed by atoms with Crippen LogP contribution in [0.1, 0.15) is 33.1 Å². The fraction of sp³-hybridized carbons (Fsp3) is 0.556. The first-order valence-electron chi connectivity index (χ1n) is 9.03. The van der Waals surface area contributed by atoms with Crippen molar-refractivity contribution >= 4 is 23.2 Å². The van der Waals surface area contributed by atoms with Crippen molar-refractivity contribution in [2.45, 2.75) is 44.5 Å². The molecule has 7 nitrogen and oxygen atoms in total. The molecule has 1 aliphatic carbocycles. The Kier molecular flexibility index (Phi) is 4.56. The van der Waals surface area contributed by atoms with Crippen LogP contribution in [-0.4, -0.2) is 41.3 Å². The zero-order chi connectivity index (χ0) is 18.3. The molecule has 3 unspecified atom stereocenters. The minimum absolute atomic E-state index is 0.0369. The van der Waals surface area contributed by atoms with E-state index >= 15 is 0 Å². The van der Waals surface area contributed by atoms with E-state index in [0.29, 0.717) is 24.9 Å². The number of fused-ring (bicyclic) bond motifs is 1. The van der Waals surface area contributed by atoms with Gasteiger partial charge in [0.15, 0.2) is 12.6 Å². The van der Waals surface area contributed by atoms with Gasteiger partial charge in [-0.2, -0.15) is 0 Å². The molecule has 3 atom stereocenters. The van der Waals surface area contributed by atoms with Gasteiger partial charge in [0.1, 0.15) is 11.5 Å². The van der Waals surface area contributed by atoms with E-state index < -0.39 is 0 Å². The number of aliphatic imine (C=N–C) groups is 1. The number of halogens is 1. The van der Waals surface area contributed by atoms with Gasteiger partial charge >= 0.3 is 0 Å². The highest BCUT2D eigenvalue weighted by atomic mass is 35.5. The summed E-state index contributed by atoms with van der Waals surface area (Å²) in [6.07, 6.45) is 6.40. The highest BCUT2D eigenvalue weighted by Gasteiger charge is 2.36. The van der Waals surface area contributed by atoms with Gasteiger partial charge in [0.05, 0.1) is 6.67 Å². The third-order valence-corrected chi connectivity index (χ3v) is 5.80. The summed E-state index contributed by atoms with van der Waals surface area (Å²) < 4.78 is 5.61. The highest BCUT2D eigenvalue weighted by Crippen LogP contribution is 2.35. The zero-order valence-corrected chi connectivity index (χ0v) is 15.8. The van der Waals surface area contributed by atoms with E-state index in [9.17, 15) is 4.79 Å². The maximum Gasteiger partial charge on any atom is 0.271 e. The molecule has 1 saturated carbocycles. The maximum absolute atomic E-state index is 12.9. The van der Waals surface area contributed by atoms with E-state index in [1.165, 1.54) is 0 Å². The third-order valence-electron chi connectivity index (χ3n) is 5.28. The summed E-state index contributed by atoms with van der Waals surface area (Å²) in [6, 6.07) is 0.0712. The van der Waals surface area contributed by atoms with Gasteiger partial charge in [0.2, 0.25) is 0 Å². The Morgan fingerprint density at radius 2 is 2.27 bits per heavy atom. The molecule has 0 saturated heterocycles. The lowest BCUT2D eigenvalue weighted by Crippen LogP contribution is -2.43. The van der Waals surface area contributed by atoms with Crippen molar-refractivity contribution in [1.82, 2.24) is 20.9 Å². The standard InChI is InChI=1S/C18H24ClN5O2/c1-10-5-11(2)24-8-21-16(17(24)22-10)18(25)23-12-3-4-14(19)13(6-12)15-7-20-9-26-15/h5,7,12-14,20-21H,3-4,6,8-9H2,1-2H3,(H,23,25). The molecule has 140 valence electrons. The number of carbonyl (C=O) groups excluding carboxylic acids is 1. The lowest BCUT2D eigenvalue weighted by atomic mass is 9.84. The monoisotopic (exact) mass is 377 g/mol. The molecule has 1 amide bonds. The summed E-state index contributed by atoms with van der Waals surface area (Å²) in [5, 5.41) is 9.44. The van der Waals surface area contributed by atoms with E-state index in [-0.39, 0.29) is 23.2 Å². The van der Waals surface area contributed by atoms with E-state index in [2.05, 4.69) is 20.9 Å². The van der Waals surface area contributed by atoms with E-state index in [1.807, 2.05) is 31.0 Å². The van der Waals surface area contributed by atoms with E-state index in [4.69, 9.17) is 16.3 Å². The summed E-state index contributed by atoms with van der Waals surface area (Å²) in [4.78, 5) is 19.4. The van der Waals surface area contributed by atoms with Crippen LogP contribution >= 0.6 is 11.6 Å². The van der Waals surface area contributed by atoms with Crippen LogP contribution in [0.15, 0.2) is 40.2 Å². The topological polar surface area (TPSA) is 78.0 Å². The van der Waals surface area contributed by atoms with Crippen molar-refractivity contribution in [2.24, 2.45) is 10.9 Å². The Hall–Kier alpha value is -2.15. The largest absolute Gasteiger partial charge is 0.476 e. The quantitative estimate of drug-likeness (QED) is 0.653. The third kappa shape index (κ3) is 3.16. The first kappa shape index (κ1) is 17.3. The summed E-state index contributed by atoms with van der Waals surface area (Å²) >= 11 is 6.50. The minimum atomic E-state index is -0.107. The van der Waals surface area contributed by atoms with Crippen molar-refractivity contribution in [1.29, 1.82) is 0 Å². The van der Waals surface area contributed by atoms with Crippen LogP contribution < -0.4 is 16.0 Å². The van der Waals surface area contributed by atoms with Crippen LogP contribution in [0.2, 0.25) is 0 Å². The lowest BCUT2D eigenvalue weighted by Gasteiger charge is -2.33. The fourth-order valence-corrected chi connectivity index (χ4v) is 4.31. The predicted octanol–water partition coefficient (Wildman–Crippen LogP) is 1.71. The van der Waals surface area contributed by atoms with Crippen molar-refractivity contribution in [3.8, 4) is 0 Å². The average molecular weight is 378 g/mol. The Balaban J connectivity index is 1.46. The molecule has 3 aliphatic heterocycles. The van der Waals surface area contributed by atoms with Gasteiger partial charge in [-0.05, 0) is 39.2 Å². The zero-order valence-electron chi connectivity index (χ0n) is 15.0. The van der Waals surface area contributed by atoms with Gasteiger partial charge in [-0.15, -0.1) is 11.6 Å². The second kappa shape index (κ2) is 6.87. The molecule has 3 N–H and O–H groups in total. The van der Waals surface area contributed by atoms with Gasteiger partial charge in [0.25, 0.3) is 5.91 Å². The number of nitrogens with zero attached hydrogens (tertiary/aromatic N) is 2. The van der Waals surface area contributed by atoms with Gasteiger partial charge in [0, 0.05) is 34.9 Å². The molecule has 0 spiro atoms. The van der Waals surface area contributed by atoms with E-state index in [1.54, 1.807) is 0 Å². The molecule has 3 heterocycles. The first-order chi connectivity index (χ1) is 12.5. The number of carbonyl (C=O) groups is 1. The Bertz CT molecular complexity index is 742. The van der Waals surface area contributed by atoms with Crippen molar-refractivity contribution in [3.05, 3.63) is 35.3 Å². The predicted molar refractivity (Wildman–Crippen MR) is 99.8 cm³/mol. The fourth-order valence-electron chi connectivity index (χ4n) is 3.96. The molecule has 8 heteroatoms. The second-order valence-electron chi connectivity index (χ2n) is 7.15. The van der Waals surface area contributed by atoms with Crippen LogP contribution in [0.5, 0.6) is 0 Å². The normalized spacial score (nSPS) is 30.5. The highest BCUT2D eigenvalue weighted by molar-refractivity contribution is 6.21. The molecule has 0 bridgehead atoms. The molecular weight excluding hydrogens is 354 g/mol. The van der Waals surface area contributed by atoms with Crippen LogP contribution in [0, 0.1) is 5.92 Å². The van der Waals surface area contributed by atoms with Gasteiger partial charge in [-0.3, -0.25) is 4.79 Å². The molecule has 1 fully saturated rings. The first-order valence-corrected chi connectivity index (χ1v) is 9.47. The molecule has 4 rings (SSSR count). The Labute approximate surface area is 158 Å². The number of allylic oxidation sites excluding steroid dienone is 3. The van der Waals surface area contributed by atoms with Crippen molar-refractivity contribution < 1.29 is 9.53 Å². The van der Waals surface area contributed by atoms with Crippen LogP contribution in [0.25, 0.3) is 0 Å². The molecule has 0 aromatic rings. The molecule has 4 aliphatic rings. The number of amides is 1. The van der Waals surface area contributed by atoms with Gasteiger partial charge < -0.3 is 25.6 Å². The maximum atomic E-state index is 12.9. The summed E-state index contributed by atoms with van der Waals surface area (Å²) in [6.45, 7) is 5.03. The van der Waals surface area contributed by atoms with Crippen LogP contribution in [0.3, 0.4) is 0 Å². The smallest absolute Gasteiger partial charge is 0.271 e. The minimum Gasteiger partial charge on any atom is -0.476 e. The molecule has 0 radical (unpaired) electrons. The number of nitrogens with one attached hydrogen (secondary N) is 3. The van der Waals surface area contributed by atoms with E-state index in [0.717, 1.165) is 36.4 Å². The van der Waals surface area contributed by atoms with Crippen LogP contribution in [-0.2, 0) is 9.53 Å². The number of rotatable bonds is 3.